The van der Waals surface area contributed by atoms with Crippen molar-refractivity contribution in [3.8, 4) is 0 Å². The third-order valence-electron chi connectivity index (χ3n) is 3.25. The number of anilines is 1. The number of halogens is 1. The number of hydrogen-bond acceptors (Lipinski definition) is 3. The molecular formula is C18H31ClN2OS. The van der Waals surface area contributed by atoms with E-state index in [9.17, 15) is 4.79 Å². The Balaban J connectivity index is 0.00000484. The highest BCUT2D eigenvalue weighted by Crippen LogP contribution is 2.33. The van der Waals surface area contributed by atoms with Gasteiger partial charge in [-0.05, 0) is 50.1 Å². The number of aryl methyl sites for hydroxylation is 1. The van der Waals surface area contributed by atoms with E-state index in [4.69, 9.17) is 5.73 Å². The van der Waals surface area contributed by atoms with Crippen LogP contribution in [0.1, 0.15) is 58.4 Å². The molecular weight excluding hydrogens is 328 g/mol. The predicted octanol–water partition coefficient (Wildman–Crippen LogP) is 5.16. The average molecular weight is 359 g/mol. The van der Waals surface area contributed by atoms with Gasteiger partial charge in [0, 0.05) is 21.8 Å². The van der Waals surface area contributed by atoms with Crippen LogP contribution in [0.3, 0.4) is 0 Å². The fourth-order valence-electron chi connectivity index (χ4n) is 2.19. The topological polar surface area (TPSA) is 55.1 Å². The highest BCUT2D eigenvalue weighted by atomic mass is 35.5. The highest BCUT2D eigenvalue weighted by molar-refractivity contribution is 8.00. The van der Waals surface area contributed by atoms with E-state index in [1.807, 2.05) is 24.8 Å². The number of rotatable bonds is 8. The van der Waals surface area contributed by atoms with Gasteiger partial charge in [0.2, 0.25) is 5.91 Å². The largest absolute Gasteiger partial charge is 0.330 e. The lowest BCUT2D eigenvalue weighted by molar-refractivity contribution is -0.116. The third kappa shape index (κ3) is 9.90. The van der Waals surface area contributed by atoms with E-state index in [0.717, 1.165) is 43.5 Å². The smallest absolute Gasteiger partial charge is 0.224 e. The number of benzene rings is 1. The molecule has 1 aromatic rings. The van der Waals surface area contributed by atoms with Crippen LogP contribution in [0.2, 0.25) is 0 Å². The number of carbonyl (C=O) groups excluding carboxylic acids is 1. The molecule has 132 valence electrons. The fourth-order valence-corrected chi connectivity index (χ4v) is 3.27. The molecule has 0 aliphatic heterocycles. The van der Waals surface area contributed by atoms with Gasteiger partial charge in [-0.3, -0.25) is 4.79 Å². The second kappa shape index (κ2) is 11.0. The third-order valence-corrected chi connectivity index (χ3v) is 4.36. The molecule has 0 unspecified atom stereocenters. The van der Waals surface area contributed by atoms with E-state index < -0.39 is 0 Å². The van der Waals surface area contributed by atoms with Crippen molar-refractivity contribution < 1.29 is 4.79 Å². The molecule has 0 saturated heterocycles. The highest BCUT2D eigenvalue weighted by Gasteiger charge is 2.13. The van der Waals surface area contributed by atoms with Crippen molar-refractivity contribution in [2.75, 3.05) is 11.9 Å². The van der Waals surface area contributed by atoms with Gasteiger partial charge in [-0.25, -0.2) is 0 Å². The van der Waals surface area contributed by atoms with Gasteiger partial charge < -0.3 is 11.1 Å². The minimum absolute atomic E-state index is 0. The van der Waals surface area contributed by atoms with Crippen LogP contribution < -0.4 is 11.1 Å². The molecule has 1 rings (SSSR count). The van der Waals surface area contributed by atoms with E-state index in [1.54, 1.807) is 0 Å². The molecule has 1 amide bonds. The molecule has 0 bridgehead atoms. The molecule has 5 heteroatoms. The first-order chi connectivity index (χ1) is 10.3. The molecule has 0 aliphatic carbocycles. The average Bonchev–Trinajstić information content (AvgIpc) is 2.40. The summed E-state index contributed by atoms with van der Waals surface area (Å²) >= 11 is 1.84. The number of carbonyl (C=O) groups is 1. The van der Waals surface area contributed by atoms with Gasteiger partial charge in [0.05, 0.1) is 0 Å². The van der Waals surface area contributed by atoms with Crippen LogP contribution in [0.5, 0.6) is 0 Å². The minimum atomic E-state index is 0. The second-order valence-corrected chi connectivity index (χ2v) is 8.59. The Morgan fingerprint density at radius 2 is 1.83 bits per heavy atom. The van der Waals surface area contributed by atoms with E-state index in [0.29, 0.717) is 6.42 Å². The molecule has 1 aromatic carbocycles. The summed E-state index contributed by atoms with van der Waals surface area (Å²) in [5.41, 5.74) is 7.50. The van der Waals surface area contributed by atoms with Crippen molar-refractivity contribution in [3.63, 3.8) is 0 Å². The second-order valence-electron chi connectivity index (χ2n) is 6.69. The summed E-state index contributed by atoms with van der Waals surface area (Å²) < 4.78 is 0.195. The van der Waals surface area contributed by atoms with E-state index in [2.05, 4.69) is 38.2 Å². The zero-order valence-electron chi connectivity index (χ0n) is 14.8. The van der Waals surface area contributed by atoms with Gasteiger partial charge in [0.25, 0.3) is 0 Å². The quantitative estimate of drug-likeness (QED) is 0.498. The van der Waals surface area contributed by atoms with Crippen LogP contribution in [0.15, 0.2) is 23.1 Å². The molecule has 0 spiro atoms. The van der Waals surface area contributed by atoms with Gasteiger partial charge in [-0.2, -0.15) is 0 Å². The number of nitrogens with two attached hydrogens (primary N) is 1. The first-order valence-corrected chi connectivity index (χ1v) is 8.93. The molecule has 0 heterocycles. The molecule has 3 nitrogen and oxygen atoms in total. The van der Waals surface area contributed by atoms with Crippen molar-refractivity contribution >= 4 is 35.8 Å². The summed E-state index contributed by atoms with van der Waals surface area (Å²) in [4.78, 5) is 13.2. The first kappa shape index (κ1) is 22.3. The summed E-state index contributed by atoms with van der Waals surface area (Å²) in [6.45, 7) is 9.39. The molecule has 23 heavy (non-hydrogen) atoms. The predicted molar refractivity (Wildman–Crippen MR) is 105 cm³/mol. The van der Waals surface area contributed by atoms with Crippen LogP contribution in [-0.4, -0.2) is 17.2 Å². The summed E-state index contributed by atoms with van der Waals surface area (Å²) in [6.07, 6.45) is 4.76. The zero-order chi connectivity index (χ0) is 16.6. The lowest BCUT2D eigenvalue weighted by atomic mass is 10.1. The maximum atomic E-state index is 12.0. The van der Waals surface area contributed by atoms with Gasteiger partial charge in [-0.15, -0.1) is 24.2 Å². The first-order valence-electron chi connectivity index (χ1n) is 8.11. The van der Waals surface area contributed by atoms with Crippen molar-refractivity contribution in [3.05, 3.63) is 23.8 Å². The van der Waals surface area contributed by atoms with Crippen LogP contribution >= 0.6 is 24.2 Å². The Morgan fingerprint density at radius 1 is 1.17 bits per heavy atom. The molecule has 0 radical (unpaired) electrons. The van der Waals surface area contributed by atoms with Crippen LogP contribution in [0.4, 0.5) is 5.69 Å². The lowest BCUT2D eigenvalue weighted by Crippen LogP contribution is -2.12. The Kier molecular flexibility index (Phi) is 10.6. The fraction of sp³-hybridized carbons (Fsp3) is 0.611. The SMILES string of the molecule is Cc1cc(SC(C)(C)C)ccc1NC(=O)CCCCCCN.Cl. The summed E-state index contributed by atoms with van der Waals surface area (Å²) in [6, 6.07) is 6.24. The lowest BCUT2D eigenvalue weighted by Gasteiger charge is -2.18. The number of amides is 1. The Morgan fingerprint density at radius 3 is 2.39 bits per heavy atom. The molecule has 0 atom stereocenters. The molecule has 0 aliphatic rings. The van der Waals surface area contributed by atoms with Gasteiger partial charge in [-0.1, -0.05) is 33.6 Å². The maximum Gasteiger partial charge on any atom is 0.224 e. The van der Waals surface area contributed by atoms with Crippen LogP contribution in [-0.2, 0) is 4.79 Å². The Labute approximate surface area is 151 Å². The Hall–Kier alpha value is -0.710. The molecule has 0 saturated carbocycles. The molecule has 3 N–H and O–H groups in total. The maximum absolute atomic E-state index is 12.0. The zero-order valence-corrected chi connectivity index (χ0v) is 16.4. The van der Waals surface area contributed by atoms with Crippen LogP contribution in [0.25, 0.3) is 0 Å². The monoisotopic (exact) mass is 358 g/mol. The van der Waals surface area contributed by atoms with E-state index >= 15 is 0 Å². The number of nitrogens with one attached hydrogen (secondary N) is 1. The van der Waals surface area contributed by atoms with Crippen LogP contribution in [0, 0.1) is 6.92 Å². The van der Waals surface area contributed by atoms with Crippen molar-refractivity contribution in [1.82, 2.24) is 0 Å². The number of thioether (sulfide) groups is 1. The summed E-state index contributed by atoms with van der Waals surface area (Å²) in [5, 5.41) is 3.02. The number of hydrogen-bond donors (Lipinski definition) is 2. The van der Waals surface area contributed by atoms with Gasteiger partial charge >= 0.3 is 0 Å². The van der Waals surface area contributed by atoms with Crippen molar-refractivity contribution in [2.24, 2.45) is 5.73 Å². The van der Waals surface area contributed by atoms with E-state index in [-0.39, 0.29) is 23.1 Å². The minimum Gasteiger partial charge on any atom is -0.330 e. The standard InChI is InChI=1S/C18H30N2OS.ClH/c1-14-13-15(22-18(2,3)4)10-11-16(14)20-17(21)9-7-5-6-8-12-19;/h10-11,13H,5-9,12,19H2,1-4H3,(H,20,21);1H. The molecule has 0 fully saturated rings. The van der Waals surface area contributed by atoms with Crippen molar-refractivity contribution in [2.45, 2.75) is 69.4 Å². The Bertz CT molecular complexity index is 486. The summed E-state index contributed by atoms with van der Waals surface area (Å²) in [7, 11) is 0. The normalized spacial score (nSPS) is 11.0. The van der Waals surface area contributed by atoms with Gasteiger partial charge in [0.1, 0.15) is 0 Å². The van der Waals surface area contributed by atoms with Crippen molar-refractivity contribution in [1.29, 1.82) is 0 Å². The van der Waals surface area contributed by atoms with Gasteiger partial charge in [0.15, 0.2) is 0 Å². The van der Waals surface area contributed by atoms with E-state index in [1.165, 1.54) is 4.90 Å². The summed E-state index contributed by atoms with van der Waals surface area (Å²) in [5.74, 6) is 0.104. The number of unbranched alkanes of at least 4 members (excludes halogenated alkanes) is 3. The molecule has 0 aromatic heterocycles.